The number of rotatable bonds is 6. The Kier molecular flexibility index (Phi) is 4.93. The number of hydrogen-bond donors (Lipinski definition) is 1. The smallest absolute Gasteiger partial charge is 0.119 e. The monoisotopic (exact) mass is 277 g/mol. The topological polar surface area (TPSA) is 30.5 Å². The van der Waals surface area contributed by atoms with Gasteiger partial charge in [0, 0.05) is 17.3 Å². The van der Waals surface area contributed by atoms with E-state index in [0.717, 1.165) is 23.7 Å². The van der Waals surface area contributed by atoms with Gasteiger partial charge in [0.05, 0.1) is 7.11 Å². The molecule has 0 atom stereocenters. The second-order valence-corrected chi connectivity index (χ2v) is 4.39. The summed E-state index contributed by atoms with van der Waals surface area (Å²) in [5, 5.41) is 3.98. The summed E-state index contributed by atoms with van der Waals surface area (Å²) in [5.74, 6) is 1.67. The quantitative estimate of drug-likeness (QED) is 0.814. The first-order valence-electron chi connectivity index (χ1n) is 6.04. The largest absolute Gasteiger partial charge is 0.497 e. The SMILES string of the molecule is COc1ccc(NCCOc2ccc(Cl)cc2)cc1. The van der Waals surface area contributed by atoms with E-state index in [0.29, 0.717) is 11.6 Å². The molecule has 4 heteroatoms. The fourth-order valence-corrected chi connectivity index (χ4v) is 1.73. The molecule has 0 fully saturated rings. The third-order valence-corrected chi connectivity index (χ3v) is 2.86. The maximum absolute atomic E-state index is 5.80. The summed E-state index contributed by atoms with van der Waals surface area (Å²) in [6, 6.07) is 15.1. The molecule has 19 heavy (non-hydrogen) atoms. The van der Waals surface area contributed by atoms with Crippen LogP contribution in [0.25, 0.3) is 0 Å². The van der Waals surface area contributed by atoms with E-state index in [2.05, 4.69) is 5.32 Å². The molecule has 3 nitrogen and oxygen atoms in total. The third-order valence-electron chi connectivity index (χ3n) is 2.60. The zero-order chi connectivity index (χ0) is 13.5. The minimum atomic E-state index is 0.591. The van der Waals surface area contributed by atoms with Gasteiger partial charge in [0.1, 0.15) is 18.1 Å². The van der Waals surface area contributed by atoms with Crippen LogP contribution >= 0.6 is 11.6 Å². The molecule has 2 aromatic carbocycles. The van der Waals surface area contributed by atoms with Gasteiger partial charge in [-0.1, -0.05) is 11.6 Å². The Bertz CT molecular complexity index is 497. The molecule has 0 radical (unpaired) electrons. The van der Waals surface area contributed by atoms with Gasteiger partial charge in [-0.25, -0.2) is 0 Å². The molecule has 2 rings (SSSR count). The normalized spacial score (nSPS) is 10.0. The van der Waals surface area contributed by atoms with E-state index in [1.54, 1.807) is 7.11 Å². The maximum Gasteiger partial charge on any atom is 0.119 e. The van der Waals surface area contributed by atoms with E-state index in [1.807, 2.05) is 48.5 Å². The van der Waals surface area contributed by atoms with Crippen molar-refractivity contribution in [3.63, 3.8) is 0 Å². The van der Waals surface area contributed by atoms with E-state index < -0.39 is 0 Å². The minimum Gasteiger partial charge on any atom is -0.497 e. The first-order valence-corrected chi connectivity index (χ1v) is 6.42. The van der Waals surface area contributed by atoms with Gasteiger partial charge in [-0.15, -0.1) is 0 Å². The maximum atomic E-state index is 5.80. The molecule has 0 amide bonds. The molecule has 0 aliphatic heterocycles. The van der Waals surface area contributed by atoms with Crippen molar-refractivity contribution in [2.45, 2.75) is 0 Å². The zero-order valence-electron chi connectivity index (χ0n) is 10.7. The zero-order valence-corrected chi connectivity index (χ0v) is 11.5. The van der Waals surface area contributed by atoms with E-state index in [9.17, 15) is 0 Å². The number of anilines is 1. The summed E-state index contributed by atoms with van der Waals surface area (Å²) in [6.07, 6.45) is 0. The standard InChI is InChI=1S/C15H16ClNO2/c1-18-14-8-4-13(5-9-14)17-10-11-19-15-6-2-12(16)3-7-15/h2-9,17H,10-11H2,1H3. The van der Waals surface area contributed by atoms with Crippen LogP contribution in [-0.4, -0.2) is 20.3 Å². The molecule has 0 heterocycles. The number of ether oxygens (including phenoxy) is 2. The highest BCUT2D eigenvalue weighted by molar-refractivity contribution is 6.30. The van der Waals surface area contributed by atoms with Crippen molar-refractivity contribution >= 4 is 17.3 Å². The van der Waals surface area contributed by atoms with Gasteiger partial charge in [0.25, 0.3) is 0 Å². The lowest BCUT2D eigenvalue weighted by molar-refractivity contribution is 0.333. The van der Waals surface area contributed by atoms with Gasteiger partial charge >= 0.3 is 0 Å². The Morgan fingerprint density at radius 3 is 2.21 bits per heavy atom. The van der Waals surface area contributed by atoms with E-state index in [1.165, 1.54) is 0 Å². The number of methoxy groups -OCH3 is 1. The lowest BCUT2D eigenvalue weighted by Gasteiger charge is -2.09. The Labute approximate surface area is 118 Å². The van der Waals surface area contributed by atoms with Crippen molar-refractivity contribution in [3.8, 4) is 11.5 Å². The second kappa shape index (κ2) is 6.90. The fourth-order valence-electron chi connectivity index (χ4n) is 1.60. The summed E-state index contributed by atoms with van der Waals surface area (Å²) in [6.45, 7) is 1.32. The predicted molar refractivity (Wildman–Crippen MR) is 78.4 cm³/mol. The molecule has 0 bridgehead atoms. The average Bonchev–Trinajstić information content (AvgIpc) is 2.46. The van der Waals surface area contributed by atoms with Crippen LogP contribution in [0.2, 0.25) is 5.02 Å². The summed E-state index contributed by atoms with van der Waals surface area (Å²) >= 11 is 5.80. The van der Waals surface area contributed by atoms with Crippen molar-refractivity contribution in [1.29, 1.82) is 0 Å². The third kappa shape index (κ3) is 4.38. The van der Waals surface area contributed by atoms with Crippen molar-refractivity contribution in [1.82, 2.24) is 0 Å². The number of hydrogen-bond acceptors (Lipinski definition) is 3. The van der Waals surface area contributed by atoms with Crippen molar-refractivity contribution in [2.24, 2.45) is 0 Å². The van der Waals surface area contributed by atoms with Gasteiger partial charge in [-0.3, -0.25) is 0 Å². The van der Waals surface area contributed by atoms with Crippen LogP contribution in [0.15, 0.2) is 48.5 Å². The Balaban J connectivity index is 1.72. The highest BCUT2D eigenvalue weighted by Gasteiger charge is 1.95. The summed E-state index contributed by atoms with van der Waals surface area (Å²) in [7, 11) is 1.66. The van der Waals surface area contributed by atoms with Crippen LogP contribution < -0.4 is 14.8 Å². The molecule has 0 saturated heterocycles. The second-order valence-electron chi connectivity index (χ2n) is 3.96. The number of nitrogens with one attached hydrogen (secondary N) is 1. The predicted octanol–water partition coefficient (Wildman–Crippen LogP) is 3.84. The molecule has 0 aromatic heterocycles. The van der Waals surface area contributed by atoms with Gasteiger partial charge in [0.2, 0.25) is 0 Å². The highest BCUT2D eigenvalue weighted by Crippen LogP contribution is 2.16. The van der Waals surface area contributed by atoms with Crippen LogP contribution in [0.1, 0.15) is 0 Å². The number of halogens is 1. The Morgan fingerprint density at radius 1 is 0.947 bits per heavy atom. The molecule has 0 saturated carbocycles. The van der Waals surface area contributed by atoms with Crippen molar-refractivity contribution < 1.29 is 9.47 Å². The minimum absolute atomic E-state index is 0.591. The van der Waals surface area contributed by atoms with E-state index >= 15 is 0 Å². The van der Waals surface area contributed by atoms with Crippen LogP contribution in [0.4, 0.5) is 5.69 Å². The van der Waals surface area contributed by atoms with Crippen molar-refractivity contribution in [2.75, 3.05) is 25.6 Å². The lowest BCUT2D eigenvalue weighted by atomic mass is 10.3. The van der Waals surface area contributed by atoms with Crippen LogP contribution in [-0.2, 0) is 0 Å². The molecular weight excluding hydrogens is 262 g/mol. The van der Waals surface area contributed by atoms with Gasteiger partial charge < -0.3 is 14.8 Å². The van der Waals surface area contributed by atoms with Crippen LogP contribution in [0.3, 0.4) is 0 Å². The summed E-state index contributed by atoms with van der Waals surface area (Å²) in [4.78, 5) is 0. The summed E-state index contributed by atoms with van der Waals surface area (Å²) in [5.41, 5.74) is 1.04. The molecular formula is C15H16ClNO2. The molecule has 100 valence electrons. The molecule has 2 aromatic rings. The Hall–Kier alpha value is -1.87. The molecule has 1 N–H and O–H groups in total. The average molecular weight is 278 g/mol. The van der Waals surface area contributed by atoms with Gasteiger partial charge in [-0.2, -0.15) is 0 Å². The molecule has 0 aliphatic carbocycles. The van der Waals surface area contributed by atoms with Crippen LogP contribution in [0, 0.1) is 0 Å². The van der Waals surface area contributed by atoms with Crippen molar-refractivity contribution in [3.05, 3.63) is 53.6 Å². The van der Waals surface area contributed by atoms with Crippen LogP contribution in [0.5, 0.6) is 11.5 Å². The van der Waals surface area contributed by atoms with Gasteiger partial charge in [0.15, 0.2) is 0 Å². The lowest BCUT2D eigenvalue weighted by Crippen LogP contribution is -2.11. The molecule has 0 unspecified atom stereocenters. The van der Waals surface area contributed by atoms with E-state index in [4.69, 9.17) is 21.1 Å². The first kappa shape index (κ1) is 13.6. The fraction of sp³-hybridized carbons (Fsp3) is 0.200. The Morgan fingerprint density at radius 2 is 1.58 bits per heavy atom. The summed E-state index contributed by atoms with van der Waals surface area (Å²) < 4.78 is 10.7. The molecule has 0 spiro atoms. The first-order chi connectivity index (χ1) is 9.28. The van der Waals surface area contributed by atoms with E-state index in [-0.39, 0.29) is 0 Å². The molecule has 0 aliphatic rings. The highest BCUT2D eigenvalue weighted by atomic mass is 35.5. The number of benzene rings is 2. The van der Waals surface area contributed by atoms with Gasteiger partial charge in [-0.05, 0) is 48.5 Å².